The summed E-state index contributed by atoms with van der Waals surface area (Å²) in [6, 6.07) is 7.49. The van der Waals surface area contributed by atoms with E-state index in [1.54, 1.807) is 22.6 Å². The smallest absolute Gasteiger partial charge is 0.248 e. The number of halogens is 1. The zero-order valence-electron chi connectivity index (χ0n) is 17.5. The van der Waals surface area contributed by atoms with Crippen LogP contribution in [0.5, 0.6) is 0 Å². The van der Waals surface area contributed by atoms with Gasteiger partial charge in [0, 0.05) is 43.9 Å². The molecule has 0 aliphatic carbocycles. The van der Waals surface area contributed by atoms with Crippen LogP contribution in [0.3, 0.4) is 0 Å². The van der Waals surface area contributed by atoms with Crippen molar-refractivity contribution < 1.29 is 9.59 Å². The molecule has 29 heavy (non-hydrogen) atoms. The Morgan fingerprint density at radius 1 is 1.31 bits per heavy atom. The third kappa shape index (κ3) is 6.46. The van der Waals surface area contributed by atoms with E-state index in [-0.39, 0.29) is 11.8 Å². The minimum Gasteiger partial charge on any atom is -0.339 e. The highest BCUT2D eigenvalue weighted by Crippen LogP contribution is 2.22. The second kappa shape index (κ2) is 10.8. The maximum atomic E-state index is 12.4. The van der Waals surface area contributed by atoms with Gasteiger partial charge in [-0.3, -0.25) is 14.3 Å². The molecule has 0 saturated heterocycles. The fraction of sp³-hybridized carbons (Fsp3) is 0.409. The lowest BCUT2D eigenvalue weighted by Crippen LogP contribution is -2.27. The Morgan fingerprint density at radius 2 is 2.07 bits per heavy atom. The summed E-state index contributed by atoms with van der Waals surface area (Å²) in [7, 11) is 0. The summed E-state index contributed by atoms with van der Waals surface area (Å²) in [6.45, 7) is 9.40. The number of hydrogen-bond donors (Lipinski definition) is 1. The van der Waals surface area contributed by atoms with Gasteiger partial charge in [0.05, 0.1) is 5.69 Å². The Balaban J connectivity index is 2.05. The summed E-state index contributed by atoms with van der Waals surface area (Å²) in [6.07, 6.45) is 5.21. The molecule has 6 nitrogen and oxygen atoms in total. The third-order valence-electron chi connectivity index (χ3n) is 4.63. The van der Waals surface area contributed by atoms with E-state index in [1.165, 1.54) is 6.08 Å². The average molecular weight is 417 g/mol. The quantitative estimate of drug-likeness (QED) is 0.604. The van der Waals surface area contributed by atoms with E-state index in [4.69, 9.17) is 11.6 Å². The monoisotopic (exact) mass is 416 g/mol. The minimum absolute atomic E-state index is 0.0246. The molecule has 0 atom stereocenters. The normalized spacial score (nSPS) is 11.1. The van der Waals surface area contributed by atoms with Crippen LogP contribution in [-0.2, 0) is 22.7 Å². The third-order valence-corrected chi connectivity index (χ3v) is 5.03. The van der Waals surface area contributed by atoms with Crippen LogP contribution in [-0.4, -0.2) is 33.0 Å². The molecule has 0 unspecified atom stereocenters. The van der Waals surface area contributed by atoms with Crippen LogP contribution in [0.25, 0.3) is 6.08 Å². The van der Waals surface area contributed by atoms with Gasteiger partial charge in [-0.1, -0.05) is 37.1 Å². The number of rotatable bonds is 9. The first-order valence-electron chi connectivity index (χ1n) is 9.92. The molecule has 7 heteroatoms. The zero-order chi connectivity index (χ0) is 21.4. The number of unbranched alkanes of at least 4 members (excludes halogenated alkanes) is 1. The number of aromatic nitrogens is 2. The number of amides is 2. The predicted octanol–water partition coefficient (Wildman–Crippen LogP) is 4.67. The fourth-order valence-corrected chi connectivity index (χ4v) is 3.29. The van der Waals surface area contributed by atoms with Gasteiger partial charge in [-0.15, -0.1) is 0 Å². The van der Waals surface area contributed by atoms with Crippen LogP contribution in [0.15, 0.2) is 30.3 Å². The van der Waals surface area contributed by atoms with Crippen molar-refractivity contribution in [3.8, 4) is 0 Å². The number of nitrogens with zero attached hydrogens (tertiary/aromatic N) is 3. The Morgan fingerprint density at radius 3 is 2.72 bits per heavy atom. The summed E-state index contributed by atoms with van der Waals surface area (Å²) >= 11 is 6.40. The van der Waals surface area contributed by atoms with Crippen molar-refractivity contribution in [3.05, 3.63) is 52.3 Å². The topological polar surface area (TPSA) is 67.2 Å². The van der Waals surface area contributed by atoms with Gasteiger partial charge < -0.3 is 10.2 Å². The molecule has 0 radical (unpaired) electrons. The van der Waals surface area contributed by atoms with Crippen LogP contribution in [0.4, 0.5) is 5.69 Å². The lowest BCUT2D eigenvalue weighted by atomic mass is 10.2. The molecule has 0 fully saturated rings. The van der Waals surface area contributed by atoms with Gasteiger partial charge >= 0.3 is 0 Å². The van der Waals surface area contributed by atoms with Crippen molar-refractivity contribution in [3.63, 3.8) is 0 Å². The summed E-state index contributed by atoms with van der Waals surface area (Å²) in [4.78, 5) is 25.7. The highest BCUT2D eigenvalue weighted by atomic mass is 35.5. The molecule has 0 aliphatic rings. The lowest BCUT2D eigenvalue weighted by molar-refractivity contribution is -0.129. The molecule has 0 aliphatic heterocycles. The lowest BCUT2D eigenvalue weighted by Gasteiger charge is -2.19. The van der Waals surface area contributed by atoms with Crippen molar-refractivity contribution >= 4 is 35.2 Å². The molecular formula is C22H29ClN4O2. The van der Waals surface area contributed by atoms with Gasteiger partial charge in [-0.25, -0.2) is 0 Å². The van der Waals surface area contributed by atoms with Gasteiger partial charge in [0.25, 0.3) is 0 Å². The molecule has 1 aromatic heterocycles. The van der Waals surface area contributed by atoms with Gasteiger partial charge in [0.2, 0.25) is 11.8 Å². The molecule has 2 rings (SSSR count). The van der Waals surface area contributed by atoms with E-state index in [1.807, 2.05) is 38.1 Å². The molecule has 1 heterocycles. The molecule has 0 spiro atoms. The highest BCUT2D eigenvalue weighted by molar-refractivity contribution is 6.31. The second-order valence-electron chi connectivity index (χ2n) is 6.92. The fourth-order valence-electron chi connectivity index (χ4n) is 2.97. The minimum atomic E-state index is -0.252. The van der Waals surface area contributed by atoms with Crippen molar-refractivity contribution in [2.45, 2.75) is 53.6 Å². The van der Waals surface area contributed by atoms with Crippen molar-refractivity contribution in [2.24, 2.45) is 0 Å². The molecular weight excluding hydrogens is 388 g/mol. The van der Waals surface area contributed by atoms with Crippen LogP contribution in [0, 0.1) is 6.92 Å². The second-order valence-corrected chi connectivity index (χ2v) is 7.28. The van der Waals surface area contributed by atoms with Crippen molar-refractivity contribution in [1.82, 2.24) is 14.7 Å². The predicted molar refractivity (Wildman–Crippen MR) is 118 cm³/mol. The summed E-state index contributed by atoms with van der Waals surface area (Å²) in [5.74, 6) is -0.227. The van der Waals surface area contributed by atoms with E-state index in [0.717, 1.165) is 36.2 Å². The first-order valence-corrected chi connectivity index (χ1v) is 10.3. The SMILES string of the molecule is CCCCn1nc(C)c(/C=C/C(=O)Nc2cccc(CN(CC)C(C)=O)c2)c1Cl. The van der Waals surface area contributed by atoms with E-state index >= 15 is 0 Å². The Bertz CT molecular complexity index is 889. The van der Waals surface area contributed by atoms with Crippen LogP contribution in [0.2, 0.25) is 5.15 Å². The number of hydrogen-bond acceptors (Lipinski definition) is 3. The van der Waals surface area contributed by atoms with Gasteiger partial charge in [-0.2, -0.15) is 5.10 Å². The average Bonchev–Trinajstić information content (AvgIpc) is 2.95. The maximum Gasteiger partial charge on any atom is 0.248 e. The Labute approximate surface area is 177 Å². The Kier molecular flexibility index (Phi) is 8.46. The maximum absolute atomic E-state index is 12.4. The van der Waals surface area contributed by atoms with Crippen LogP contribution in [0.1, 0.15) is 50.4 Å². The summed E-state index contributed by atoms with van der Waals surface area (Å²) in [5.41, 5.74) is 3.19. The molecule has 0 bridgehead atoms. The molecule has 156 valence electrons. The molecule has 1 N–H and O–H groups in total. The molecule has 0 saturated carbocycles. The number of anilines is 1. The highest BCUT2D eigenvalue weighted by Gasteiger charge is 2.11. The van der Waals surface area contributed by atoms with Gasteiger partial charge in [-0.05, 0) is 44.0 Å². The van der Waals surface area contributed by atoms with E-state index in [0.29, 0.717) is 23.9 Å². The van der Waals surface area contributed by atoms with Gasteiger partial charge in [0.1, 0.15) is 5.15 Å². The standard InChI is InChI=1S/C22H29ClN4O2/c1-5-7-13-27-22(23)20(16(3)25-27)11-12-21(29)24-19-10-8-9-18(14-19)15-26(6-2)17(4)28/h8-12,14H,5-7,13,15H2,1-4H3,(H,24,29)/b12-11+. The molecule has 2 aromatic rings. The van der Waals surface area contributed by atoms with Crippen LogP contribution < -0.4 is 5.32 Å². The van der Waals surface area contributed by atoms with E-state index < -0.39 is 0 Å². The number of benzene rings is 1. The number of aryl methyl sites for hydroxylation is 2. The molecule has 1 aromatic carbocycles. The van der Waals surface area contributed by atoms with Crippen molar-refractivity contribution in [1.29, 1.82) is 0 Å². The summed E-state index contributed by atoms with van der Waals surface area (Å²) < 4.78 is 1.77. The number of carbonyl (C=O) groups excluding carboxylic acids is 2. The summed E-state index contributed by atoms with van der Waals surface area (Å²) in [5, 5.41) is 7.84. The Hall–Kier alpha value is -2.60. The van der Waals surface area contributed by atoms with E-state index in [9.17, 15) is 9.59 Å². The van der Waals surface area contributed by atoms with Gasteiger partial charge in [0.15, 0.2) is 0 Å². The van der Waals surface area contributed by atoms with Crippen molar-refractivity contribution in [2.75, 3.05) is 11.9 Å². The first-order chi connectivity index (χ1) is 13.8. The first kappa shape index (κ1) is 22.7. The van der Waals surface area contributed by atoms with E-state index in [2.05, 4.69) is 17.3 Å². The molecule has 2 amide bonds. The number of carbonyl (C=O) groups is 2. The number of nitrogens with one attached hydrogen (secondary N) is 1. The zero-order valence-corrected chi connectivity index (χ0v) is 18.3. The van der Waals surface area contributed by atoms with Crippen LogP contribution >= 0.6 is 11.6 Å². The largest absolute Gasteiger partial charge is 0.339 e.